The van der Waals surface area contributed by atoms with E-state index in [-0.39, 0.29) is 29.7 Å². The van der Waals surface area contributed by atoms with Crippen molar-refractivity contribution in [3.8, 4) is 0 Å². The number of nitrogens with one attached hydrogen (secondary N) is 1. The molecule has 3 atom stereocenters. The van der Waals surface area contributed by atoms with Gasteiger partial charge in [0.1, 0.15) is 5.82 Å². The maximum Gasteiger partial charge on any atom is 0.223 e. The van der Waals surface area contributed by atoms with Crippen LogP contribution in [-0.2, 0) is 14.3 Å². The van der Waals surface area contributed by atoms with Gasteiger partial charge < -0.3 is 14.8 Å². The fourth-order valence-electron chi connectivity index (χ4n) is 2.59. The first-order chi connectivity index (χ1) is 9.74. The molecule has 1 amide bonds. The van der Waals surface area contributed by atoms with Gasteiger partial charge in [-0.05, 0) is 30.0 Å². The molecule has 1 aliphatic heterocycles. The van der Waals surface area contributed by atoms with Crippen molar-refractivity contribution in [2.24, 2.45) is 5.92 Å². The highest BCUT2D eigenvalue weighted by atomic mass is 19.1. The van der Waals surface area contributed by atoms with Gasteiger partial charge in [0.2, 0.25) is 5.91 Å². The maximum absolute atomic E-state index is 13.1. The summed E-state index contributed by atoms with van der Waals surface area (Å²) in [5, 5.41) is 2.89. The molecule has 1 aliphatic carbocycles. The minimum absolute atomic E-state index is 0.0217. The summed E-state index contributed by atoms with van der Waals surface area (Å²) >= 11 is 0. The lowest BCUT2D eigenvalue weighted by Crippen LogP contribution is -2.40. The van der Waals surface area contributed by atoms with Crippen molar-refractivity contribution in [1.82, 2.24) is 5.32 Å². The zero-order valence-corrected chi connectivity index (χ0v) is 11.2. The van der Waals surface area contributed by atoms with Crippen LogP contribution >= 0.6 is 0 Å². The predicted molar refractivity (Wildman–Crippen MR) is 70.8 cm³/mol. The molecule has 3 rings (SSSR count). The Hall–Kier alpha value is -1.46. The number of hydrogen-bond acceptors (Lipinski definition) is 3. The molecule has 5 heteroatoms. The quantitative estimate of drug-likeness (QED) is 0.907. The highest BCUT2D eigenvalue weighted by molar-refractivity contribution is 5.82. The first kappa shape index (κ1) is 13.5. The lowest BCUT2D eigenvalue weighted by molar-refractivity contribution is -0.125. The predicted octanol–water partition coefficient (Wildman–Crippen LogP) is 1.46. The average Bonchev–Trinajstić information content (AvgIpc) is 3.26. The van der Waals surface area contributed by atoms with E-state index >= 15 is 0 Å². The summed E-state index contributed by atoms with van der Waals surface area (Å²) in [5.41, 5.74) is 0.905. The molecule has 1 aromatic rings. The number of ether oxygens (including phenoxy) is 2. The highest BCUT2D eigenvalue weighted by Crippen LogP contribution is 2.47. The minimum Gasteiger partial charge on any atom is -0.376 e. The molecule has 0 aromatic heterocycles. The van der Waals surface area contributed by atoms with Gasteiger partial charge in [-0.1, -0.05) is 12.1 Å². The third-order valence-corrected chi connectivity index (χ3v) is 3.79. The molecule has 4 nitrogen and oxygen atoms in total. The van der Waals surface area contributed by atoms with Gasteiger partial charge in [-0.15, -0.1) is 0 Å². The van der Waals surface area contributed by atoms with Crippen LogP contribution in [0.5, 0.6) is 0 Å². The van der Waals surface area contributed by atoms with E-state index in [4.69, 9.17) is 9.47 Å². The molecule has 2 fully saturated rings. The number of benzene rings is 1. The second-order valence-corrected chi connectivity index (χ2v) is 5.32. The van der Waals surface area contributed by atoms with Gasteiger partial charge in [0, 0.05) is 12.5 Å². The van der Waals surface area contributed by atoms with Crippen LogP contribution in [0.25, 0.3) is 0 Å². The molecule has 20 heavy (non-hydrogen) atoms. The van der Waals surface area contributed by atoms with Gasteiger partial charge in [-0.2, -0.15) is 0 Å². The molecule has 108 valence electrons. The summed E-state index contributed by atoms with van der Waals surface area (Å²) in [4.78, 5) is 12.0. The summed E-state index contributed by atoms with van der Waals surface area (Å²) in [6, 6.07) is 6.49. The van der Waals surface area contributed by atoms with E-state index in [1.165, 1.54) is 12.1 Å². The smallest absolute Gasteiger partial charge is 0.223 e. The molecular weight excluding hydrogens is 261 g/mol. The van der Waals surface area contributed by atoms with Crippen LogP contribution in [-0.4, -0.2) is 38.4 Å². The van der Waals surface area contributed by atoms with Gasteiger partial charge in [0.25, 0.3) is 0 Å². The van der Waals surface area contributed by atoms with Crippen LogP contribution in [0, 0.1) is 11.7 Å². The topological polar surface area (TPSA) is 47.6 Å². The van der Waals surface area contributed by atoms with Crippen molar-refractivity contribution in [2.75, 3.05) is 26.4 Å². The van der Waals surface area contributed by atoms with Crippen molar-refractivity contribution in [2.45, 2.75) is 18.4 Å². The third kappa shape index (κ3) is 3.16. The minimum atomic E-state index is -0.249. The van der Waals surface area contributed by atoms with Gasteiger partial charge in [-0.25, -0.2) is 4.39 Å². The normalized spacial score (nSPS) is 28.9. The summed E-state index contributed by atoms with van der Waals surface area (Å²) in [6.07, 6.45) is 0.733. The van der Waals surface area contributed by atoms with Crippen LogP contribution in [0.4, 0.5) is 4.39 Å². The SMILES string of the molecule is O=C(NC[C@@H]1COCCO1)[C@H]1C[C@@H]1c1cccc(F)c1. The van der Waals surface area contributed by atoms with Gasteiger partial charge in [0.05, 0.1) is 25.9 Å². The molecule has 0 radical (unpaired) electrons. The fraction of sp³-hybridized carbons (Fsp3) is 0.533. The summed E-state index contributed by atoms with van der Waals surface area (Å²) in [5.74, 6) is -0.120. The molecule has 0 unspecified atom stereocenters. The first-order valence-electron chi connectivity index (χ1n) is 6.96. The Morgan fingerprint density at radius 1 is 1.40 bits per heavy atom. The standard InChI is InChI=1S/C15H18FNO3/c16-11-3-1-2-10(6-11)13-7-14(13)15(18)17-8-12-9-19-4-5-20-12/h1-3,6,12-14H,4-5,7-9H2,(H,17,18)/t12-,13-,14+/m1/s1. The Kier molecular flexibility index (Phi) is 3.98. The molecule has 1 N–H and O–H groups in total. The largest absolute Gasteiger partial charge is 0.376 e. The Bertz CT molecular complexity index is 488. The molecular formula is C15H18FNO3. The number of halogens is 1. The van der Waals surface area contributed by atoms with E-state index in [0.29, 0.717) is 26.4 Å². The fourth-order valence-corrected chi connectivity index (χ4v) is 2.59. The molecule has 0 spiro atoms. The van der Waals surface area contributed by atoms with Gasteiger partial charge in [-0.3, -0.25) is 4.79 Å². The number of carbonyl (C=O) groups excluding carboxylic acids is 1. The van der Waals surface area contributed by atoms with Crippen LogP contribution < -0.4 is 5.32 Å². The molecule has 1 heterocycles. The van der Waals surface area contributed by atoms with E-state index in [0.717, 1.165) is 12.0 Å². The highest BCUT2D eigenvalue weighted by Gasteiger charge is 2.44. The van der Waals surface area contributed by atoms with Crippen molar-refractivity contribution in [3.63, 3.8) is 0 Å². The zero-order chi connectivity index (χ0) is 13.9. The van der Waals surface area contributed by atoms with Crippen molar-refractivity contribution in [3.05, 3.63) is 35.6 Å². The second kappa shape index (κ2) is 5.89. The van der Waals surface area contributed by atoms with Crippen molar-refractivity contribution in [1.29, 1.82) is 0 Å². The molecule has 0 bridgehead atoms. The zero-order valence-electron chi connectivity index (χ0n) is 11.2. The summed E-state index contributed by atoms with van der Waals surface area (Å²) < 4.78 is 23.9. The molecule has 1 saturated carbocycles. The second-order valence-electron chi connectivity index (χ2n) is 5.32. The van der Waals surface area contributed by atoms with E-state index in [1.807, 2.05) is 6.07 Å². The number of carbonyl (C=O) groups is 1. The Balaban J connectivity index is 1.47. The van der Waals surface area contributed by atoms with E-state index < -0.39 is 0 Å². The van der Waals surface area contributed by atoms with E-state index in [1.54, 1.807) is 6.07 Å². The van der Waals surface area contributed by atoms with E-state index in [2.05, 4.69) is 5.32 Å². The first-order valence-corrected chi connectivity index (χ1v) is 6.96. The number of hydrogen-bond donors (Lipinski definition) is 1. The Labute approximate surface area is 117 Å². The lowest BCUT2D eigenvalue weighted by Gasteiger charge is -2.23. The van der Waals surface area contributed by atoms with Gasteiger partial charge in [0.15, 0.2) is 0 Å². The van der Waals surface area contributed by atoms with Crippen LogP contribution in [0.2, 0.25) is 0 Å². The Morgan fingerprint density at radius 2 is 2.30 bits per heavy atom. The Morgan fingerprint density at radius 3 is 3.05 bits per heavy atom. The van der Waals surface area contributed by atoms with Crippen LogP contribution in [0.3, 0.4) is 0 Å². The third-order valence-electron chi connectivity index (χ3n) is 3.79. The summed E-state index contributed by atoms with van der Waals surface area (Å²) in [7, 11) is 0. The van der Waals surface area contributed by atoms with Gasteiger partial charge >= 0.3 is 0 Å². The molecule has 1 saturated heterocycles. The van der Waals surface area contributed by atoms with Crippen LogP contribution in [0.1, 0.15) is 17.9 Å². The monoisotopic (exact) mass is 279 g/mol. The van der Waals surface area contributed by atoms with Crippen molar-refractivity contribution >= 4 is 5.91 Å². The summed E-state index contributed by atoms with van der Waals surface area (Å²) in [6.45, 7) is 2.20. The lowest BCUT2D eigenvalue weighted by atomic mass is 10.1. The average molecular weight is 279 g/mol. The maximum atomic E-state index is 13.1. The number of rotatable bonds is 4. The number of amides is 1. The molecule has 2 aliphatic rings. The van der Waals surface area contributed by atoms with Crippen molar-refractivity contribution < 1.29 is 18.7 Å². The van der Waals surface area contributed by atoms with E-state index in [9.17, 15) is 9.18 Å². The molecule has 1 aromatic carbocycles. The van der Waals surface area contributed by atoms with Crippen LogP contribution in [0.15, 0.2) is 24.3 Å².